The summed E-state index contributed by atoms with van der Waals surface area (Å²) in [5, 5.41) is 24.7. The van der Waals surface area contributed by atoms with E-state index in [1.807, 2.05) is 55.4 Å². The van der Waals surface area contributed by atoms with Crippen LogP contribution in [0.25, 0.3) is 44.6 Å². The second-order valence-corrected chi connectivity index (χ2v) is 36.9. The molecule has 26 nitrogen and oxygen atoms in total. The molecule has 6 saturated carbocycles. The maximum Gasteiger partial charge on any atom is 0.413 e. The summed E-state index contributed by atoms with van der Waals surface area (Å²) >= 11 is 13.6. The summed E-state index contributed by atoms with van der Waals surface area (Å²) < 4.78 is 41.6. The number of nitrogen functional groups attached to an aromatic ring is 1. The van der Waals surface area contributed by atoms with E-state index < -0.39 is 93.4 Å². The standard InChI is InChI=1S/C46H57ClN4O10.C41H49ClN4O8/c1-9-26-21-46(26,42(55)56)22-34(52)33-18-28(23-51(33)41(54)30(44(2,3)4)19-38(53)60-27-16-24-15-25(24)17-27)59-36-20-32(49-40-29(36)13-14-35(58-8)39(40)47)31-11-10-12-37(48-31)50-43(57)61-45(5,6)7;1-6-23-18-41(23,39(50)51)19-31(47)30-15-25(20-46(30)38(49)27(40(2,3)4)16-35(48)54-24-13-21-12-22(21)14-24)53-33-17-29(28-8-7-9-34(43)44-28)45-37-26(33)10-11-32(52-5)36(37)42/h10-14,20,24-28,30,33H,9,15-19,21-23H2,1-8H3,(H,55,56)(H,48,50,57);7-11,17,21-25,27,30H,6,12-16,18-20H2,1-5H3,(H2,43,44)(H,50,51)/t24-,25+,26-,27?,28-,30-,33+,46-;21-,22+,23-,24?,25-,27-,30+,41-/m11/s1. The molecule has 8 aliphatic rings. The van der Waals surface area contributed by atoms with Crippen LogP contribution in [0.1, 0.15) is 179 Å². The van der Waals surface area contributed by atoms with E-state index in [1.165, 1.54) is 36.9 Å². The Balaban J connectivity index is 0.000000202. The quantitative estimate of drug-likeness (QED) is 0.0275. The number of Topliss-reactive ketones (excluding diaryl/α,β-unsaturated/α-hetero) is 2. The number of nitrogens with zero attached hydrogens (tertiary/aromatic N) is 6. The number of halogens is 2. The number of rotatable bonds is 27. The maximum absolute atomic E-state index is 14.8. The Kier molecular flexibility index (Phi) is 23.7. The highest BCUT2D eigenvalue weighted by molar-refractivity contribution is 6.37. The van der Waals surface area contributed by atoms with Crippen LogP contribution in [0.15, 0.2) is 72.8 Å². The number of esters is 2. The third-order valence-electron chi connectivity index (χ3n) is 24.9. The van der Waals surface area contributed by atoms with Crippen LogP contribution >= 0.6 is 23.2 Å². The number of fused-ring (bicyclic) bond motifs is 4. The van der Waals surface area contributed by atoms with Crippen molar-refractivity contribution in [2.75, 3.05) is 38.4 Å². The Bertz CT molecular complexity index is 4810. The number of methoxy groups -OCH3 is 2. The molecule has 115 heavy (non-hydrogen) atoms. The smallest absolute Gasteiger partial charge is 0.413 e. The zero-order valence-electron chi connectivity index (χ0n) is 67.7. The number of nitrogens with two attached hydrogens (primary N) is 1. The monoisotopic (exact) mass is 1620 g/mol. The molecule has 4 aromatic heterocycles. The maximum atomic E-state index is 14.8. The van der Waals surface area contributed by atoms with Gasteiger partial charge < -0.3 is 58.9 Å². The molecular weight excluding hydrogens is 1520 g/mol. The minimum Gasteiger partial charge on any atom is -0.495 e. The van der Waals surface area contributed by atoms with Crippen molar-refractivity contribution in [3.8, 4) is 45.8 Å². The average molecular weight is 1620 g/mol. The number of aliphatic carboxylic acids is 2. The van der Waals surface area contributed by atoms with Gasteiger partial charge in [0.25, 0.3) is 0 Å². The lowest BCUT2D eigenvalue weighted by molar-refractivity contribution is -0.157. The second-order valence-electron chi connectivity index (χ2n) is 36.2. The highest BCUT2D eigenvalue weighted by atomic mass is 35.5. The number of anilines is 2. The Hall–Kier alpha value is -9.43. The van der Waals surface area contributed by atoms with Crippen LogP contribution in [-0.2, 0) is 52.6 Å². The first kappa shape index (κ1) is 83.5. The number of carboxylic acid groups (broad SMARTS) is 2. The highest BCUT2D eigenvalue weighted by Gasteiger charge is 2.63. The lowest BCUT2D eigenvalue weighted by atomic mass is 9.77. The Morgan fingerprint density at radius 3 is 1.30 bits per heavy atom. The lowest BCUT2D eigenvalue weighted by Crippen LogP contribution is -2.48. The van der Waals surface area contributed by atoms with Crippen LogP contribution in [-0.4, -0.2) is 163 Å². The van der Waals surface area contributed by atoms with Crippen molar-refractivity contribution in [3.05, 3.63) is 82.8 Å². The van der Waals surface area contributed by atoms with Crippen molar-refractivity contribution in [1.82, 2.24) is 29.7 Å². The van der Waals surface area contributed by atoms with E-state index in [-0.39, 0.29) is 115 Å². The van der Waals surface area contributed by atoms with E-state index in [4.69, 9.17) is 72.1 Å². The summed E-state index contributed by atoms with van der Waals surface area (Å²) in [5.74, 6) is -1.61. The minimum absolute atomic E-state index is 0.00326. The number of benzene rings is 2. The molecule has 0 spiro atoms. The number of likely N-dealkylation sites (tertiary alicyclic amines) is 2. The van der Waals surface area contributed by atoms with Gasteiger partial charge in [0.1, 0.15) is 74.7 Å². The van der Waals surface area contributed by atoms with Crippen LogP contribution < -0.4 is 30.0 Å². The van der Waals surface area contributed by atoms with Crippen molar-refractivity contribution in [3.63, 3.8) is 0 Å². The second kappa shape index (κ2) is 32.6. The van der Waals surface area contributed by atoms with Crippen LogP contribution in [0.2, 0.25) is 10.0 Å². The molecule has 0 radical (unpaired) electrons. The Labute approximate surface area is 679 Å². The molecule has 616 valence electrons. The van der Waals surface area contributed by atoms with Crippen molar-refractivity contribution in [2.24, 2.45) is 69.0 Å². The molecule has 8 fully saturated rings. The zero-order valence-corrected chi connectivity index (χ0v) is 69.2. The first-order valence-corrected chi connectivity index (χ1v) is 41.0. The molecule has 14 rings (SSSR count). The number of hydrogen-bond acceptors (Lipinski definition) is 21. The van der Waals surface area contributed by atoms with E-state index in [1.54, 1.807) is 93.6 Å². The molecule has 6 aliphatic carbocycles. The van der Waals surface area contributed by atoms with Gasteiger partial charge in [0.2, 0.25) is 11.8 Å². The topological polar surface area (TPSA) is 355 Å². The van der Waals surface area contributed by atoms with E-state index in [0.29, 0.717) is 123 Å². The molecule has 0 bridgehead atoms. The molecule has 2 unspecified atom stereocenters. The number of nitrogens with one attached hydrogen (secondary N) is 1. The molecule has 28 heteroatoms. The number of aromatic nitrogens is 4. The predicted octanol–water partition coefficient (Wildman–Crippen LogP) is 15.3. The third-order valence-corrected chi connectivity index (χ3v) is 25.7. The van der Waals surface area contributed by atoms with Gasteiger partial charge >= 0.3 is 30.0 Å². The number of carbonyl (C=O) groups excluding carboxylic acids is 7. The summed E-state index contributed by atoms with van der Waals surface area (Å²) in [5.41, 5.74) is 4.01. The van der Waals surface area contributed by atoms with E-state index in [2.05, 4.69) is 15.3 Å². The highest BCUT2D eigenvalue weighted by Crippen LogP contribution is 2.60. The fourth-order valence-electron chi connectivity index (χ4n) is 18.1. The Morgan fingerprint density at radius 2 is 0.939 bits per heavy atom. The molecule has 2 saturated heterocycles. The fourth-order valence-corrected chi connectivity index (χ4v) is 18.7. The number of pyridine rings is 4. The van der Waals surface area contributed by atoms with Gasteiger partial charge in [-0.05, 0) is 167 Å². The van der Waals surface area contributed by atoms with Gasteiger partial charge in [0.15, 0.2) is 11.6 Å². The number of amides is 3. The zero-order chi connectivity index (χ0) is 82.9. The van der Waals surface area contributed by atoms with E-state index in [9.17, 15) is 53.4 Å². The minimum atomic E-state index is -1.18. The Morgan fingerprint density at radius 1 is 0.530 bits per heavy atom. The first-order valence-electron chi connectivity index (χ1n) is 40.2. The molecule has 6 heterocycles. The number of ether oxygens (including phenoxy) is 7. The van der Waals surface area contributed by atoms with Crippen LogP contribution in [0.3, 0.4) is 0 Å². The third kappa shape index (κ3) is 18.2. The molecule has 2 aliphatic heterocycles. The molecule has 3 amide bonds. The van der Waals surface area contributed by atoms with Gasteiger partial charge in [0, 0.05) is 48.6 Å². The molecule has 2 aromatic carbocycles. The summed E-state index contributed by atoms with van der Waals surface area (Å²) in [6.07, 6.45) is 5.07. The lowest BCUT2D eigenvalue weighted by Gasteiger charge is -2.35. The van der Waals surface area contributed by atoms with Gasteiger partial charge in [-0.15, -0.1) is 0 Å². The molecule has 6 aromatic rings. The first-order chi connectivity index (χ1) is 54.3. The number of hydrogen-bond donors (Lipinski definition) is 4. The molecule has 16 atom stereocenters. The van der Waals surface area contributed by atoms with E-state index >= 15 is 0 Å². The summed E-state index contributed by atoms with van der Waals surface area (Å²) in [6, 6.07) is 18.6. The van der Waals surface area contributed by atoms with Crippen LogP contribution in [0.4, 0.5) is 16.4 Å². The number of carboxylic acids is 2. The molecule has 5 N–H and O–H groups in total. The summed E-state index contributed by atoms with van der Waals surface area (Å²) in [6.45, 7) is 20.5. The predicted molar refractivity (Wildman–Crippen MR) is 429 cm³/mol. The van der Waals surface area contributed by atoms with Crippen LogP contribution in [0, 0.1) is 69.0 Å². The number of ketones is 2. The van der Waals surface area contributed by atoms with Crippen molar-refractivity contribution < 1.29 is 86.5 Å². The largest absolute Gasteiger partial charge is 0.495 e. The fraction of sp³-hybridized carbons (Fsp3) is 0.575. The van der Waals surface area contributed by atoms with Crippen molar-refractivity contribution in [1.29, 1.82) is 0 Å². The SMILES string of the molecule is CC[C@@H]1C[C@]1(CC(=O)[C@@H]1C[C@@H](Oc2cc(-c3cccc(N)n3)nc3c(Cl)c(OC)ccc23)CN1C(=O)[C@@H](CC(=O)OC1C[C@@H]2C[C@@H]2C1)C(C)(C)C)C(=O)O.CC[C@@H]1C[C@]1(CC(=O)[C@@H]1C[C@@H](Oc2cc(-c3cccc(NC(=O)OC(C)(C)C)n3)nc3c(Cl)c(OC)ccc23)CN1C(=O)[C@@H](CC(=O)OC1C[C@@H]2C[C@@H]2C1)C(C)(C)C)C(=O)O. The van der Waals surface area contributed by atoms with Gasteiger partial charge in [0.05, 0.1) is 109 Å². The normalized spacial score (nSPS) is 26.7. The molecular formula is C87H106Cl2N8O18. The van der Waals surface area contributed by atoms with Crippen molar-refractivity contribution in [2.45, 2.75) is 221 Å². The van der Waals surface area contributed by atoms with E-state index in [0.717, 1.165) is 25.7 Å². The van der Waals surface area contributed by atoms with Crippen molar-refractivity contribution >= 4 is 110 Å². The van der Waals surface area contributed by atoms with Gasteiger partial charge in [-0.2, -0.15) is 0 Å². The van der Waals surface area contributed by atoms with Gasteiger partial charge in [-0.3, -0.25) is 43.7 Å². The summed E-state index contributed by atoms with van der Waals surface area (Å²) in [4.78, 5) is 144. The average Bonchev–Trinajstić information content (AvgIpc) is 1.60. The van der Waals surface area contributed by atoms with Gasteiger partial charge in [-0.25, -0.2) is 24.7 Å². The summed E-state index contributed by atoms with van der Waals surface area (Å²) in [7, 11) is 3.00. The van der Waals surface area contributed by atoms with Gasteiger partial charge in [-0.1, -0.05) is 104 Å². The number of carbonyl (C=O) groups is 9. The van der Waals surface area contributed by atoms with Crippen LogP contribution in [0.5, 0.6) is 23.0 Å².